The van der Waals surface area contributed by atoms with Crippen molar-refractivity contribution in [1.82, 2.24) is 15.6 Å². The molecule has 3 nitrogen and oxygen atoms in total. The highest BCUT2D eigenvalue weighted by molar-refractivity contribution is 6.33. The Morgan fingerprint density at radius 3 is 2.09 bits per heavy atom. The molecule has 0 atom stereocenters. The zero-order valence-electron chi connectivity index (χ0n) is 8.07. The van der Waals surface area contributed by atoms with Crippen molar-refractivity contribution < 1.29 is 0 Å². The van der Waals surface area contributed by atoms with E-state index in [1.165, 1.54) is 0 Å². The summed E-state index contributed by atoms with van der Waals surface area (Å²) < 4.78 is 0. The fraction of sp³-hybridized carbons (Fsp3) is 1.00. The minimum atomic E-state index is -0.0454. The van der Waals surface area contributed by atoms with Crippen LogP contribution in [0.3, 0.4) is 0 Å². The summed E-state index contributed by atoms with van der Waals surface area (Å²) in [5, 5.41) is 6.35. The summed E-state index contributed by atoms with van der Waals surface area (Å²) in [6.45, 7) is 5.58. The highest BCUT2D eigenvalue weighted by Gasteiger charge is 2.00. The number of rotatable bonds is 6. The first-order chi connectivity index (χ1) is 5.20. The van der Waals surface area contributed by atoms with Crippen LogP contribution in [0.4, 0.5) is 0 Å². The Kier molecular flexibility index (Phi) is 6.85. The van der Waals surface area contributed by atoms with Crippen LogP contribution in [-0.2, 0) is 0 Å². The molecular formula is C7H21N3Si. The van der Waals surface area contributed by atoms with Crippen LogP contribution < -0.4 is 15.6 Å². The van der Waals surface area contributed by atoms with E-state index in [9.17, 15) is 0 Å². The Morgan fingerprint density at radius 2 is 1.73 bits per heavy atom. The van der Waals surface area contributed by atoms with Crippen molar-refractivity contribution in [2.24, 2.45) is 0 Å². The van der Waals surface area contributed by atoms with Gasteiger partial charge in [-0.1, -0.05) is 13.8 Å². The summed E-state index contributed by atoms with van der Waals surface area (Å²) >= 11 is 0. The molecule has 0 unspecified atom stereocenters. The van der Waals surface area contributed by atoms with Gasteiger partial charge in [-0.25, -0.2) is 0 Å². The predicted octanol–water partition coefficient (Wildman–Crippen LogP) is -0.747. The lowest BCUT2D eigenvalue weighted by molar-refractivity contribution is 0.490. The van der Waals surface area contributed by atoms with Crippen LogP contribution in [0, 0.1) is 0 Å². The summed E-state index contributed by atoms with van der Waals surface area (Å²) in [6.07, 6.45) is 0.418. The Bertz CT molecular complexity index is 83.8. The first-order valence-corrected chi connectivity index (χ1v) is 5.78. The molecule has 0 radical (unpaired) electrons. The molecule has 0 aromatic carbocycles. The molecule has 0 aliphatic rings. The van der Waals surface area contributed by atoms with E-state index in [2.05, 4.69) is 29.5 Å². The van der Waals surface area contributed by atoms with Gasteiger partial charge in [0.15, 0.2) is 0 Å². The standard InChI is InChI=1S/C7H21N3Si/c1-6(2)11-10-5-7(8-3)9-4/h6-10H,5,11H2,1-4H3. The van der Waals surface area contributed by atoms with Crippen molar-refractivity contribution in [3.63, 3.8) is 0 Å². The van der Waals surface area contributed by atoms with E-state index in [0.717, 1.165) is 12.1 Å². The van der Waals surface area contributed by atoms with Crippen LogP contribution in [0.25, 0.3) is 0 Å². The molecule has 0 aromatic rings. The van der Waals surface area contributed by atoms with Crippen molar-refractivity contribution in [1.29, 1.82) is 0 Å². The number of likely N-dealkylation sites (N-methyl/N-ethyl adjacent to an activating group) is 2. The molecule has 0 aromatic heterocycles. The summed E-state index contributed by atoms with van der Waals surface area (Å²) in [6, 6.07) is 0. The molecule has 3 N–H and O–H groups in total. The van der Waals surface area contributed by atoms with E-state index in [1.54, 1.807) is 0 Å². The molecule has 0 amide bonds. The Balaban J connectivity index is 3.21. The second-order valence-electron chi connectivity index (χ2n) is 3.18. The largest absolute Gasteiger partial charge is 0.339 e. The van der Waals surface area contributed by atoms with E-state index in [1.807, 2.05) is 14.1 Å². The maximum absolute atomic E-state index is 3.50. The normalized spacial score (nSPS) is 12.5. The van der Waals surface area contributed by atoms with Crippen LogP contribution in [0.5, 0.6) is 0 Å². The second kappa shape index (κ2) is 6.79. The maximum Gasteiger partial charge on any atom is 0.0943 e. The Labute approximate surface area is 72.2 Å². The molecule has 0 aliphatic carbocycles. The molecule has 0 aliphatic heterocycles. The molecule has 11 heavy (non-hydrogen) atoms. The molecule has 68 valence electrons. The SMILES string of the molecule is CNC(CN[SiH2]C(C)C)NC. The van der Waals surface area contributed by atoms with Gasteiger partial charge in [-0.15, -0.1) is 0 Å². The topological polar surface area (TPSA) is 36.1 Å². The van der Waals surface area contributed by atoms with Gasteiger partial charge >= 0.3 is 0 Å². The monoisotopic (exact) mass is 175 g/mol. The molecule has 0 bridgehead atoms. The molecule has 0 heterocycles. The summed E-state index contributed by atoms with van der Waals surface area (Å²) in [4.78, 5) is 3.50. The molecule has 0 rings (SSSR count). The lowest BCUT2D eigenvalue weighted by Crippen LogP contribution is -2.46. The fourth-order valence-corrected chi connectivity index (χ4v) is 1.90. The summed E-state index contributed by atoms with van der Waals surface area (Å²) in [5.41, 5.74) is 0.865. The zero-order chi connectivity index (χ0) is 8.69. The molecule has 4 heteroatoms. The summed E-state index contributed by atoms with van der Waals surface area (Å²) in [5.74, 6) is 0. The lowest BCUT2D eigenvalue weighted by atomic mass is 10.5. The van der Waals surface area contributed by atoms with E-state index < -0.39 is 0 Å². The van der Waals surface area contributed by atoms with Crippen LogP contribution in [0.1, 0.15) is 13.8 Å². The number of hydrogen-bond donors (Lipinski definition) is 3. The van der Waals surface area contributed by atoms with Gasteiger partial charge in [0, 0.05) is 6.54 Å². The quantitative estimate of drug-likeness (QED) is 0.367. The first kappa shape index (κ1) is 11.1. The highest BCUT2D eigenvalue weighted by atomic mass is 28.2. The van der Waals surface area contributed by atoms with Gasteiger partial charge in [0.1, 0.15) is 0 Å². The van der Waals surface area contributed by atoms with Gasteiger partial charge in [0.2, 0.25) is 0 Å². The number of hydrogen-bond acceptors (Lipinski definition) is 3. The third-order valence-electron chi connectivity index (χ3n) is 1.60. The minimum absolute atomic E-state index is 0.0454. The molecule has 0 saturated carbocycles. The van der Waals surface area contributed by atoms with Crippen molar-refractivity contribution >= 4 is 9.68 Å². The first-order valence-electron chi connectivity index (χ1n) is 4.26. The molecule has 0 saturated heterocycles. The van der Waals surface area contributed by atoms with E-state index in [-0.39, 0.29) is 9.68 Å². The van der Waals surface area contributed by atoms with Crippen LogP contribution in [0.15, 0.2) is 0 Å². The van der Waals surface area contributed by atoms with E-state index in [4.69, 9.17) is 0 Å². The van der Waals surface area contributed by atoms with Gasteiger partial charge in [-0.2, -0.15) is 0 Å². The average Bonchev–Trinajstić information content (AvgIpc) is 1.98. The Morgan fingerprint density at radius 1 is 1.18 bits per heavy atom. The van der Waals surface area contributed by atoms with E-state index >= 15 is 0 Å². The molecule has 0 fully saturated rings. The predicted molar refractivity (Wildman–Crippen MR) is 53.6 cm³/mol. The Hall–Kier alpha value is 0.0969. The third-order valence-corrected chi connectivity index (χ3v) is 2.99. The average molecular weight is 175 g/mol. The minimum Gasteiger partial charge on any atom is -0.339 e. The highest BCUT2D eigenvalue weighted by Crippen LogP contribution is 1.92. The van der Waals surface area contributed by atoms with Crippen molar-refractivity contribution in [2.75, 3.05) is 20.6 Å². The fourth-order valence-electron chi connectivity index (χ4n) is 0.865. The molecule has 0 spiro atoms. The van der Waals surface area contributed by atoms with Gasteiger partial charge in [-0.3, -0.25) is 0 Å². The van der Waals surface area contributed by atoms with Gasteiger partial charge in [0.05, 0.1) is 15.8 Å². The van der Waals surface area contributed by atoms with Gasteiger partial charge < -0.3 is 15.6 Å². The van der Waals surface area contributed by atoms with E-state index in [0.29, 0.717) is 6.17 Å². The zero-order valence-corrected chi connectivity index (χ0v) is 9.48. The lowest BCUT2D eigenvalue weighted by Gasteiger charge is -2.16. The van der Waals surface area contributed by atoms with Gasteiger partial charge in [0.25, 0.3) is 0 Å². The van der Waals surface area contributed by atoms with Crippen LogP contribution in [0.2, 0.25) is 5.54 Å². The maximum atomic E-state index is 3.50. The number of nitrogens with one attached hydrogen (secondary N) is 3. The smallest absolute Gasteiger partial charge is 0.0943 e. The van der Waals surface area contributed by atoms with Crippen molar-refractivity contribution in [3.05, 3.63) is 0 Å². The second-order valence-corrected chi connectivity index (χ2v) is 5.72. The molecular weight excluding hydrogens is 154 g/mol. The van der Waals surface area contributed by atoms with Crippen LogP contribution in [-0.4, -0.2) is 36.5 Å². The van der Waals surface area contributed by atoms with Crippen LogP contribution >= 0.6 is 0 Å². The van der Waals surface area contributed by atoms with Crippen molar-refractivity contribution in [2.45, 2.75) is 25.6 Å². The third kappa shape index (κ3) is 6.49. The summed E-state index contributed by atoms with van der Waals surface area (Å²) in [7, 11) is 3.90. The van der Waals surface area contributed by atoms with Crippen molar-refractivity contribution in [3.8, 4) is 0 Å². The van der Waals surface area contributed by atoms with Gasteiger partial charge in [-0.05, 0) is 19.6 Å².